The molecule has 0 aromatic heterocycles. The van der Waals surface area contributed by atoms with E-state index in [1.165, 1.54) is 270 Å². The van der Waals surface area contributed by atoms with Gasteiger partial charge in [0.2, 0.25) is 0 Å². The van der Waals surface area contributed by atoms with Gasteiger partial charge in [-0.15, -0.1) is 0 Å². The van der Waals surface area contributed by atoms with Crippen LogP contribution >= 0.6 is 0 Å². The molecule has 0 aliphatic rings. The molecule has 0 spiro atoms. The van der Waals surface area contributed by atoms with E-state index in [9.17, 15) is 14.4 Å². The summed E-state index contributed by atoms with van der Waals surface area (Å²) in [4.78, 5) is 38.1. The molecule has 79 heavy (non-hydrogen) atoms. The minimum Gasteiger partial charge on any atom is -0.462 e. The first kappa shape index (κ1) is 76.4. The fourth-order valence-corrected chi connectivity index (χ4v) is 10.5. The number of esters is 3. The molecular weight excluding hydrogens is 973 g/mol. The maximum atomic E-state index is 12.9. The van der Waals surface area contributed by atoms with Gasteiger partial charge in [0.15, 0.2) is 6.10 Å². The Morgan fingerprint density at radius 1 is 0.253 bits per heavy atom. The smallest absolute Gasteiger partial charge is 0.306 e. The highest BCUT2D eigenvalue weighted by Gasteiger charge is 2.19. The maximum Gasteiger partial charge on any atom is 0.306 e. The van der Waals surface area contributed by atoms with Crippen LogP contribution in [-0.2, 0) is 28.6 Å². The van der Waals surface area contributed by atoms with E-state index in [0.717, 1.165) is 70.6 Å². The van der Waals surface area contributed by atoms with E-state index < -0.39 is 6.10 Å². The number of allylic oxidation sites excluding steroid dienone is 8. The fraction of sp³-hybridized carbons (Fsp3) is 0.849. The van der Waals surface area contributed by atoms with Crippen molar-refractivity contribution < 1.29 is 28.6 Å². The Hall–Kier alpha value is -2.63. The van der Waals surface area contributed by atoms with Crippen LogP contribution in [0.2, 0.25) is 0 Å². The van der Waals surface area contributed by atoms with Crippen LogP contribution in [0, 0.1) is 0 Å². The number of hydrogen-bond acceptors (Lipinski definition) is 6. The molecule has 0 amide bonds. The Bertz CT molecular complexity index is 1360. The monoisotopic (exact) mass is 1110 g/mol. The van der Waals surface area contributed by atoms with Gasteiger partial charge in [0.05, 0.1) is 0 Å². The van der Waals surface area contributed by atoms with E-state index in [2.05, 4.69) is 69.4 Å². The fourth-order valence-electron chi connectivity index (χ4n) is 10.5. The van der Waals surface area contributed by atoms with Crippen molar-refractivity contribution in [1.29, 1.82) is 0 Å². The number of hydrogen-bond donors (Lipinski definition) is 0. The molecular formula is C73H134O6. The highest BCUT2D eigenvalue weighted by Crippen LogP contribution is 2.18. The Morgan fingerprint density at radius 2 is 0.456 bits per heavy atom. The van der Waals surface area contributed by atoms with Gasteiger partial charge in [-0.05, 0) is 83.5 Å². The van der Waals surface area contributed by atoms with Crippen LogP contribution in [0.4, 0.5) is 0 Å². The standard InChI is InChI=1S/C73H134O6/c1-4-7-10-13-16-18-20-22-24-26-28-30-31-32-33-34-35-36-37-38-39-40-41-43-44-46-48-50-52-54-57-60-63-66-72(75)78-69-70(68-77-71(74)65-62-59-56-15-12-9-6-3)79-73(76)67-64-61-58-55-53-51-49-47-45-42-29-27-25-23-21-19-17-14-11-8-5-2/h20,22,26-29,31-32,70H,4-19,21,23-25,30,33-69H2,1-3H3/b22-20-,28-26-,29-27-,32-31-. The highest BCUT2D eigenvalue weighted by atomic mass is 16.6. The second-order valence-corrected chi connectivity index (χ2v) is 23.8. The first-order chi connectivity index (χ1) is 39.0. The second-order valence-electron chi connectivity index (χ2n) is 23.8. The third-order valence-electron chi connectivity index (χ3n) is 15.8. The maximum absolute atomic E-state index is 12.9. The molecule has 0 N–H and O–H groups in total. The Balaban J connectivity index is 4.00. The van der Waals surface area contributed by atoms with Gasteiger partial charge in [-0.3, -0.25) is 14.4 Å². The molecule has 0 aliphatic heterocycles. The van der Waals surface area contributed by atoms with Crippen molar-refractivity contribution in [2.24, 2.45) is 0 Å². The van der Waals surface area contributed by atoms with Gasteiger partial charge in [-0.2, -0.15) is 0 Å². The van der Waals surface area contributed by atoms with Crippen molar-refractivity contribution in [3.8, 4) is 0 Å². The van der Waals surface area contributed by atoms with Gasteiger partial charge in [0, 0.05) is 19.3 Å². The number of carbonyl (C=O) groups is 3. The summed E-state index contributed by atoms with van der Waals surface area (Å²) in [5.74, 6) is -0.855. The lowest BCUT2D eigenvalue weighted by atomic mass is 10.0. The molecule has 0 bridgehead atoms. The summed E-state index contributed by atoms with van der Waals surface area (Å²) in [6.45, 7) is 6.64. The molecule has 1 unspecified atom stereocenters. The molecule has 0 radical (unpaired) electrons. The van der Waals surface area contributed by atoms with Crippen LogP contribution in [0.25, 0.3) is 0 Å². The molecule has 0 rings (SSSR count). The largest absolute Gasteiger partial charge is 0.462 e. The van der Waals surface area contributed by atoms with Crippen LogP contribution in [0.1, 0.15) is 380 Å². The zero-order valence-electron chi connectivity index (χ0n) is 53.2. The van der Waals surface area contributed by atoms with Crippen molar-refractivity contribution in [2.45, 2.75) is 386 Å². The molecule has 6 heteroatoms. The van der Waals surface area contributed by atoms with Crippen molar-refractivity contribution in [3.05, 3.63) is 48.6 Å². The number of carbonyl (C=O) groups excluding carboxylic acids is 3. The zero-order chi connectivity index (χ0) is 57.1. The second kappa shape index (κ2) is 67.9. The van der Waals surface area contributed by atoms with Crippen LogP contribution in [0.5, 0.6) is 0 Å². The summed E-state index contributed by atoms with van der Waals surface area (Å²) in [7, 11) is 0. The van der Waals surface area contributed by atoms with E-state index in [1.54, 1.807) is 0 Å². The molecule has 0 aromatic rings. The van der Waals surface area contributed by atoms with E-state index in [-0.39, 0.29) is 31.1 Å². The summed E-state index contributed by atoms with van der Waals surface area (Å²) in [5, 5.41) is 0. The molecule has 462 valence electrons. The van der Waals surface area contributed by atoms with E-state index in [4.69, 9.17) is 14.2 Å². The van der Waals surface area contributed by atoms with E-state index in [1.807, 2.05) is 0 Å². The van der Waals surface area contributed by atoms with Crippen molar-refractivity contribution >= 4 is 17.9 Å². The molecule has 0 saturated carbocycles. The molecule has 0 fully saturated rings. The van der Waals surface area contributed by atoms with Gasteiger partial charge in [-0.25, -0.2) is 0 Å². The van der Waals surface area contributed by atoms with Crippen molar-refractivity contribution in [1.82, 2.24) is 0 Å². The lowest BCUT2D eigenvalue weighted by Gasteiger charge is -2.18. The molecule has 0 saturated heterocycles. The number of ether oxygens (including phenoxy) is 3. The highest BCUT2D eigenvalue weighted by molar-refractivity contribution is 5.71. The lowest BCUT2D eigenvalue weighted by molar-refractivity contribution is -0.167. The third kappa shape index (κ3) is 66.1. The SMILES string of the molecule is CCCCCCC/C=C\C/C=C\C/C=C\CCCCCCCCCCCCCCCCCCCCC(=O)OCC(COC(=O)CCCCCCCCC)OC(=O)CCCCCCCCCCC/C=C\CCCCCCCCCC. The van der Waals surface area contributed by atoms with Gasteiger partial charge < -0.3 is 14.2 Å². The Labute approximate surface area is 492 Å². The average Bonchev–Trinajstić information content (AvgIpc) is 3.45. The van der Waals surface area contributed by atoms with Gasteiger partial charge >= 0.3 is 17.9 Å². The summed E-state index contributed by atoms with van der Waals surface area (Å²) < 4.78 is 16.9. The number of unbranched alkanes of at least 4 members (excludes halogenated alkanes) is 46. The quantitative estimate of drug-likeness (QED) is 0.0261. The molecule has 0 aromatic carbocycles. The minimum absolute atomic E-state index is 0.0690. The van der Waals surface area contributed by atoms with Crippen LogP contribution in [0.15, 0.2) is 48.6 Å². The summed E-state index contributed by atoms with van der Waals surface area (Å²) in [5.41, 5.74) is 0. The van der Waals surface area contributed by atoms with Crippen LogP contribution in [0.3, 0.4) is 0 Å². The topological polar surface area (TPSA) is 78.9 Å². The first-order valence-electron chi connectivity index (χ1n) is 35.1. The molecule has 1 atom stereocenters. The minimum atomic E-state index is -0.770. The van der Waals surface area contributed by atoms with E-state index >= 15 is 0 Å². The van der Waals surface area contributed by atoms with Gasteiger partial charge in [0.1, 0.15) is 13.2 Å². The Kier molecular flexibility index (Phi) is 65.6. The summed E-state index contributed by atoms with van der Waals surface area (Å²) in [6, 6.07) is 0. The number of rotatable bonds is 65. The zero-order valence-corrected chi connectivity index (χ0v) is 53.2. The molecule has 0 aliphatic carbocycles. The van der Waals surface area contributed by atoms with Crippen LogP contribution < -0.4 is 0 Å². The predicted octanol–water partition coefficient (Wildman–Crippen LogP) is 24.1. The summed E-state index contributed by atoms with van der Waals surface area (Å²) >= 11 is 0. The molecule has 0 heterocycles. The van der Waals surface area contributed by atoms with E-state index in [0.29, 0.717) is 19.3 Å². The van der Waals surface area contributed by atoms with Gasteiger partial charge in [-0.1, -0.05) is 326 Å². The van der Waals surface area contributed by atoms with Gasteiger partial charge in [0.25, 0.3) is 0 Å². The van der Waals surface area contributed by atoms with Crippen molar-refractivity contribution in [3.63, 3.8) is 0 Å². The first-order valence-corrected chi connectivity index (χ1v) is 35.1. The molecule has 6 nitrogen and oxygen atoms in total. The third-order valence-corrected chi connectivity index (χ3v) is 15.8. The predicted molar refractivity (Wildman–Crippen MR) is 344 cm³/mol. The normalized spacial score (nSPS) is 12.3. The average molecular weight is 1110 g/mol. The van der Waals surface area contributed by atoms with Crippen LogP contribution in [-0.4, -0.2) is 37.2 Å². The lowest BCUT2D eigenvalue weighted by Crippen LogP contribution is -2.30. The van der Waals surface area contributed by atoms with Crippen molar-refractivity contribution in [2.75, 3.05) is 13.2 Å². The Morgan fingerprint density at radius 3 is 0.722 bits per heavy atom. The summed E-state index contributed by atoms with van der Waals surface area (Å²) in [6.07, 6.45) is 86.0.